The largest absolute Gasteiger partial charge is 0.328 e. The maximum absolute atomic E-state index is 13.1. The van der Waals surface area contributed by atoms with Crippen LogP contribution in [0, 0.1) is 0 Å². The Labute approximate surface area is 164 Å². The summed E-state index contributed by atoms with van der Waals surface area (Å²) in [4.78, 5) is 27.2. The van der Waals surface area contributed by atoms with Crippen LogP contribution in [-0.4, -0.2) is 51.0 Å². The first kappa shape index (κ1) is 22.1. The van der Waals surface area contributed by atoms with Gasteiger partial charge in [-0.25, -0.2) is 5.84 Å². The van der Waals surface area contributed by atoms with Crippen LogP contribution >= 0.6 is 0 Å². The second-order valence-corrected chi connectivity index (χ2v) is 11.1. The number of hydrogen-bond donors (Lipinski definition) is 4. The van der Waals surface area contributed by atoms with E-state index in [1.807, 2.05) is 10.3 Å². The van der Waals surface area contributed by atoms with Crippen molar-refractivity contribution in [1.29, 1.82) is 0 Å². The van der Waals surface area contributed by atoms with Crippen LogP contribution in [0.2, 0.25) is 0 Å². The standard InChI is InChI=1S/C20H39N5O2/c1-17(2)9-13(10-18(3,4)23-17)25(16(27)15(26)22-21)14-11-19(5,6)24-20(7,8)12-14/h13-14,23-24H,9-12,21H2,1-8H3,(H,22,26). The Balaban J connectivity index is 2.43. The molecule has 27 heavy (non-hydrogen) atoms. The number of hydrazine groups is 1. The van der Waals surface area contributed by atoms with Crippen molar-refractivity contribution in [3.8, 4) is 0 Å². The minimum Gasteiger partial charge on any atom is -0.328 e. The van der Waals surface area contributed by atoms with E-state index >= 15 is 0 Å². The molecule has 156 valence electrons. The SMILES string of the molecule is CC1(C)CC(N(C(=O)C(=O)NN)C2CC(C)(C)NC(C)(C)C2)CC(C)(C)N1. The lowest BCUT2D eigenvalue weighted by Gasteiger charge is -2.55. The molecular weight excluding hydrogens is 342 g/mol. The van der Waals surface area contributed by atoms with Crippen LogP contribution in [0.3, 0.4) is 0 Å². The number of carbonyl (C=O) groups is 2. The molecule has 7 heteroatoms. The second-order valence-electron chi connectivity index (χ2n) is 11.1. The molecule has 7 nitrogen and oxygen atoms in total. The number of hydrogen-bond acceptors (Lipinski definition) is 5. The van der Waals surface area contributed by atoms with E-state index in [4.69, 9.17) is 5.84 Å². The van der Waals surface area contributed by atoms with Gasteiger partial charge in [0.25, 0.3) is 0 Å². The molecule has 2 rings (SSSR count). The van der Waals surface area contributed by atoms with Crippen LogP contribution < -0.4 is 21.9 Å². The summed E-state index contributed by atoms with van der Waals surface area (Å²) in [7, 11) is 0. The highest BCUT2D eigenvalue weighted by molar-refractivity contribution is 6.35. The number of carbonyl (C=O) groups excluding carboxylic acids is 2. The molecular formula is C20H39N5O2. The van der Waals surface area contributed by atoms with Gasteiger partial charge in [0.05, 0.1) is 0 Å². The minimum absolute atomic E-state index is 0.0178. The van der Waals surface area contributed by atoms with E-state index in [1.54, 1.807) is 0 Å². The van der Waals surface area contributed by atoms with Crippen molar-refractivity contribution in [3.05, 3.63) is 0 Å². The molecule has 2 aliphatic heterocycles. The molecule has 0 spiro atoms. The monoisotopic (exact) mass is 381 g/mol. The summed E-state index contributed by atoms with van der Waals surface area (Å²) in [5.74, 6) is 4.05. The van der Waals surface area contributed by atoms with Crippen LogP contribution in [0.1, 0.15) is 81.1 Å². The Bertz CT molecular complexity index is 527. The molecule has 2 amide bonds. The van der Waals surface area contributed by atoms with Gasteiger partial charge in [-0.15, -0.1) is 0 Å². The number of nitrogens with zero attached hydrogens (tertiary/aromatic N) is 1. The van der Waals surface area contributed by atoms with Gasteiger partial charge in [-0.2, -0.15) is 0 Å². The molecule has 2 fully saturated rings. The molecule has 0 aromatic heterocycles. The summed E-state index contributed by atoms with van der Waals surface area (Å²) in [6, 6.07) is -0.0356. The Hall–Kier alpha value is -1.18. The number of amides is 2. The van der Waals surface area contributed by atoms with Crippen molar-refractivity contribution in [2.75, 3.05) is 0 Å². The molecule has 0 atom stereocenters. The van der Waals surface area contributed by atoms with Crippen molar-refractivity contribution in [1.82, 2.24) is 21.0 Å². The molecule has 2 saturated heterocycles. The van der Waals surface area contributed by atoms with Crippen molar-refractivity contribution in [2.24, 2.45) is 5.84 Å². The fourth-order valence-corrected chi connectivity index (χ4v) is 5.74. The van der Waals surface area contributed by atoms with E-state index in [9.17, 15) is 9.59 Å². The maximum Gasteiger partial charge on any atom is 0.323 e. The van der Waals surface area contributed by atoms with Crippen LogP contribution in [0.15, 0.2) is 0 Å². The molecule has 2 heterocycles. The summed E-state index contributed by atoms with van der Waals surface area (Å²) in [6.45, 7) is 17.2. The third kappa shape index (κ3) is 5.42. The van der Waals surface area contributed by atoms with Gasteiger partial charge in [-0.05, 0) is 81.1 Å². The van der Waals surface area contributed by atoms with Crippen LogP contribution in [0.5, 0.6) is 0 Å². The predicted octanol–water partition coefficient (Wildman–Crippen LogP) is 1.42. The minimum atomic E-state index is -0.738. The highest BCUT2D eigenvalue weighted by Crippen LogP contribution is 2.37. The zero-order valence-corrected chi connectivity index (χ0v) is 18.3. The van der Waals surface area contributed by atoms with Crippen molar-refractivity contribution in [2.45, 2.75) is 115 Å². The first-order chi connectivity index (χ1) is 12.1. The number of piperidine rings is 2. The van der Waals surface area contributed by atoms with Crippen molar-refractivity contribution >= 4 is 11.8 Å². The summed E-state index contributed by atoms with van der Waals surface area (Å²) in [6.07, 6.45) is 3.19. The molecule has 2 aliphatic rings. The lowest BCUT2D eigenvalue weighted by atomic mass is 9.75. The number of nitrogens with one attached hydrogen (secondary N) is 3. The normalized spacial score (nSPS) is 27.0. The van der Waals surface area contributed by atoms with E-state index in [-0.39, 0.29) is 34.2 Å². The smallest absolute Gasteiger partial charge is 0.323 e. The fourth-order valence-electron chi connectivity index (χ4n) is 5.74. The maximum atomic E-state index is 13.1. The molecule has 0 aromatic carbocycles. The van der Waals surface area contributed by atoms with E-state index < -0.39 is 11.8 Å². The molecule has 0 unspecified atom stereocenters. The van der Waals surface area contributed by atoms with Gasteiger partial charge in [0.2, 0.25) is 0 Å². The summed E-state index contributed by atoms with van der Waals surface area (Å²) in [5, 5.41) is 7.32. The third-order valence-electron chi connectivity index (χ3n) is 5.68. The van der Waals surface area contributed by atoms with Crippen LogP contribution in [0.4, 0.5) is 0 Å². The van der Waals surface area contributed by atoms with Crippen molar-refractivity contribution in [3.63, 3.8) is 0 Å². The highest BCUT2D eigenvalue weighted by atomic mass is 16.2. The summed E-state index contributed by atoms with van der Waals surface area (Å²) < 4.78 is 0. The topological polar surface area (TPSA) is 99.5 Å². The average Bonchev–Trinajstić information content (AvgIpc) is 2.39. The molecule has 0 radical (unpaired) electrons. The lowest BCUT2D eigenvalue weighted by Crippen LogP contribution is -2.68. The summed E-state index contributed by atoms with van der Waals surface area (Å²) in [5.41, 5.74) is 1.55. The first-order valence-corrected chi connectivity index (χ1v) is 9.98. The third-order valence-corrected chi connectivity index (χ3v) is 5.68. The first-order valence-electron chi connectivity index (χ1n) is 9.98. The Morgan fingerprint density at radius 2 is 1.07 bits per heavy atom. The van der Waals surface area contributed by atoms with Crippen LogP contribution in [-0.2, 0) is 9.59 Å². The van der Waals surface area contributed by atoms with Gasteiger partial charge in [0, 0.05) is 34.2 Å². The average molecular weight is 382 g/mol. The zero-order chi connectivity index (χ0) is 20.8. The number of rotatable bonds is 2. The molecule has 0 aromatic rings. The molecule has 0 saturated carbocycles. The molecule has 0 bridgehead atoms. The Morgan fingerprint density at radius 1 is 0.778 bits per heavy atom. The molecule has 5 N–H and O–H groups in total. The highest BCUT2D eigenvalue weighted by Gasteiger charge is 2.48. The van der Waals surface area contributed by atoms with Gasteiger partial charge < -0.3 is 15.5 Å². The summed E-state index contributed by atoms with van der Waals surface area (Å²) >= 11 is 0. The van der Waals surface area contributed by atoms with Gasteiger partial charge in [0.1, 0.15) is 0 Å². The zero-order valence-electron chi connectivity index (χ0n) is 18.3. The molecule has 0 aliphatic carbocycles. The van der Waals surface area contributed by atoms with Gasteiger partial charge in [-0.3, -0.25) is 15.0 Å². The second kappa shape index (κ2) is 7.01. The van der Waals surface area contributed by atoms with E-state index in [1.165, 1.54) is 0 Å². The van der Waals surface area contributed by atoms with E-state index in [0.29, 0.717) is 0 Å². The van der Waals surface area contributed by atoms with Crippen LogP contribution in [0.25, 0.3) is 0 Å². The number of nitrogens with two attached hydrogens (primary N) is 1. The Morgan fingerprint density at radius 3 is 1.33 bits per heavy atom. The van der Waals surface area contributed by atoms with Crippen molar-refractivity contribution < 1.29 is 9.59 Å². The fraction of sp³-hybridized carbons (Fsp3) is 0.900. The van der Waals surface area contributed by atoms with E-state index in [0.717, 1.165) is 25.7 Å². The lowest BCUT2D eigenvalue weighted by molar-refractivity contribution is -0.152. The van der Waals surface area contributed by atoms with Gasteiger partial charge in [-0.1, -0.05) is 0 Å². The van der Waals surface area contributed by atoms with Gasteiger partial charge in [0.15, 0.2) is 0 Å². The Kier molecular flexibility index (Phi) is 5.74. The quantitative estimate of drug-likeness (QED) is 0.251. The van der Waals surface area contributed by atoms with E-state index in [2.05, 4.69) is 66.0 Å². The van der Waals surface area contributed by atoms with Gasteiger partial charge >= 0.3 is 11.8 Å². The predicted molar refractivity (Wildman–Crippen MR) is 108 cm³/mol.